The lowest BCUT2D eigenvalue weighted by Gasteiger charge is -2.36. The standard InChI is InChI=1S/C15H17ClN2.BF4/c16-10-4-5-13-12(9-10)11-6-8-18-7-2-1-3-14(18)15(11)17-13;2-1(3,4)5/h4-5,9,14,17H,1-3,6-8H2;/q;-1/p+1. The number of hydrogen-bond acceptors (Lipinski definition) is 0. The van der Waals surface area contributed by atoms with Gasteiger partial charge < -0.3 is 27.1 Å². The van der Waals surface area contributed by atoms with Crippen LogP contribution in [-0.2, 0) is 6.42 Å². The molecular formula is C15H18BClF4N2. The number of aromatic amines is 1. The van der Waals surface area contributed by atoms with E-state index in [2.05, 4.69) is 17.1 Å². The van der Waals surface area contributed by atoms with Crippen molar-refractivity contribution in [1.29, 1.82) is 0 Å². The molecule has 8 heteroatoms. The highest BCUT2D eigenvalue weighted by molar-refractivity contribution is 6.50. The number of quaternary nitrogens is 1. The first-order valence-electron chi connectivity index (χ1n) is 7.85. The monoisotopic (exact) mass is 348 g/mol. The highest BCUT2D eigenvalue weighted by Crippen LogP contribution is 2.32. The number of hydrogen-bond donors (Lipinski definition) is 2. The van der Waals surface area contributed by atoms with Crippen molar-refractivity contribution < 1.29 is 22.2 Å². The van der Waals surface area contributed by atoms with Gasteiger partial charge in [0.25, 0.3) is 0 Å². The fourth-order valence-electron chi connectivity index (χ4n) is 3.82. The molecule has 2 aromatic rings. The van der Waals surface area contributed by atoms with Gasteiger partial charge in [0.05, 0.1) is 18.8 Å². The first kappa shape index (κ1) is 16.6. The minimum atomic E-state index is -6.00. The minimum absolute atomic E-state index is 0.702. The van der Waals surface area contributed by atoms with E-state index < -0.39 is 7.25 Å². The van der Waals surface area contributed by atoms with Gasteiger partial charge in [-0.1, -0.05) is 11.6 Å². The molecule has 2 atom stereocenters. The predicted octanol–water partition coefficient (Wildman–Crippen LogP) is 3.79. The Kier molecular flexibility index (Phi) is 4.60. The maximum Gasteiger partial charge on any atom is 0.673 e. The smallest absolute Gasteiger partial charge is 0.418 e. The van der Waals surface area contributed by atoms with Crippen LogP contribution in [0.3, 0.4) is 0 Å². The molecule has 3 heterocycles. The fourth-order valence-corrected chi connectivity index (χ4v) is 3.99. The van der Waals surface area contributed by atoms with E-state index in [0.717, 1.165) is 5.02 Å². The molecular weight excluding hydrogens is 330 g/mol. The average Bonchev–Trinajstić information content (AvgIpc) is 2.84. The highest BCUT2D eigenvalue weighted by atomic mass is 35.5. The third-order valence-corrected chi connectivity index (χ3v) is 4.91. The molecule has 0 radical (unpaired) electrons. The Hall–Kier alpha value is -1.21. The number of fused-ring (bicyclic) bond motifs is 5. The predicted molar refractivity (Wildman–Crippen MR) is 84.5 cm³/mol. The van der Waals surface area contributed by atoms with Gasteiger partial charge in [0.1, 0.15) is 6.04 Å². The largest absolute Gasteiger partial charge is 0.673 e. The van der Waals surface area contributed by atoms with E-state index in [-0.39, 0.29) is 0 Å². The van der Waals surface area contributed by atoms with Crippen LogP contribution in [0, 0.1) is 0 Å². The molecule has 2 unspecified atom stereocenters. The summed E-state index contributed by atoms with van der Waals surface area (Å²) in [6.07, 6.45) is 5.31. The molecule has 1 aromatic heterocycles. The van der Waals surface area contributed by atoms with Gasteiger partial charge >= 0.3 is 7.25 Å². The van der Waals surface area contributed by atoms with Gasteiger partial charge in [0.15, 0.2) is 0 Å². The van der Waals surface area contributed by atoms with Crippen molar-refractivity contribution in [2.45, 2.75) is 31.7 Å². The van der Waals surface area contributed by atoms with Crippen LogP contribution in [0.1, 0.15) is 36.6 Å². The normalized spacial score (nSPS) is 23.7. The van der Waals surface area contributed by atoms with E-state index in [1.807, 2.05) is 6.07 Å². The van der Waals surface area contributed by atoms with Crippen LogP contribution in [0.2, 0.25) is 5.02 Å². The number of nitrogens with one attached hydrogen (secondary N) is 2. The summed E-state index contributed by atoms with van der Waals surface area (Å²) in [5.41, 5.74) is 4.28. The summed E-state index contributed by atoms with van der Waals surface area (Å²) in [6, 6.07) is 6.93. The molecule has 1 saturated heterocycles. The Labute approximate surface area is 136 Å². The van der Waals surface area contributed by atoms with Crippen molar-refractivity contribution in [2.24, 2.45) is 0 Å². The summed E-state index contributed by atoms with van der Waals surface area (Å²) >= 11 is 6.14. The van der Waals surface area contributed by atoms with Gasteiger partial charge in [-0.25, -0.2) is 0 Å². The van der Waals surface area contributed by atoms with Crippen LogP contribution in [0.25, 0.3) is 10.9 Å². The van der Waals surface area contributed by atoms with Crippen LogP contribution < -0.4 is 4.90 Å². The number of rotatable bonds is 0. The van der Waals surface area contributed by atoms with Crippen LogP contribution in [0.5, 0.6) is 0 Å². The molecule has 2 aliphatic rings. The first-order valence-corrected chi connectivity index (χ1v) is 8.22. The zero-order valence-electron chi connectivity index (χ0n) is 12.5. The topological polar surface area (TPSA) is 20.2 Å². The van der Waals surface area contributed by atoms with Crippen LogP contribution in [0.4, 0.5) is 17.3 Å². The Morgan fingerprint density at radius 1 is 1.13 bits per heavy atom. The number of H-pyrrole nitrogens is 1. The second-order valence-electron chi connectivity index (χ2n) is 6.16. The number of halogens is 5. The van der Waals surface area contributed by atoms with Crippen molar-refractivity contribution in [2.75, 3.05) is 13.1 Å². The van der Waals surface area contributed by atoms with E-state index in [9.17, 15) is 17.3 Å². The Bertz CT molecular complexity index is 695. The van der Waals surface area contributed by atoms with E-state index >= 15 is 0 Å². The average molecular weight is 349 g/mol. The van der Waals surface area contributed by atoms with E-state index in [1.165, 1.54) is 60.9 Å². The van der Waals surface area contributed by atoms with Crippen molar-refractivity contribution >= 4 is 29.8 Å². The molecule has 2 aliphatic heterocycles. The maximum absolute atomic E-state index is 9.75. The van der Waals surface area contributed by atoms with Gasteiger partial charge in [0.2, 0.25) is 0 Å². The van der Waals surface area contributed by atoms with Crippen LogP contribution in [0.15, 0.2) is 18.2 Å². The SMILES string of the molecule is Clc1ccc2[nH]c3c(c2c1)CC[NH+]1CCCCC31.F[B-](F)(F)F. The van der Waals surface area contributed by atoms with Gasteiger partial charge in [-0.15, -0.1) is 0 Å². The van der Waals surface area contributed by atoms with Crippen molar-refractivity contribution in [3.05, 3.63) is 34.5 Å². The molecule has 126 valence electrons. The lowest BCUT2D eigenvalue weighted by molar-refractivity contribution is -0.939. The molecule has 0 amide bonds. The van der Waals surface area contributed by atoms with Crippen LogP contribution >= 0.6 is 11.6 Å². The summed E-state index contributed by atoms with van der Waals surface area (Å²) in [4.78, 5) is 5.45. The molecule has 1 aromatic carbocycles. The first-order chi connectivity index (χ1) is 10.8. The van der Waals surface area contributed by atoms with E-state index in [0.29, 0.717) is 6.04 Å². The third kappa shape index (κ3) is 3.83. The molecule has 0 bridgehead atoms. The van der Waals surface area contributed by atoms with E-state index in [4.69, 9.17) is 11.6 Å². The van der Waals surface area contributed by atoms with Crippen LogP contribution in [-0.4, -0.2) is 25.3 Å². The molecule has 4 rings (SSSR count). The summed E-state index contributed by atoms with van der Waals surface area (Å²) < 4.78 is 39.0. The van der Waals surface area contributed by atoms with E-state index in [1.54, 1.807) is 4.90 Å². The molecule has 0 aliphatic carbocycles. The van der Waals surface area contributed by atoms with Crippen molar-refractivity contribution in [1.82, 2.24) is 4.98 Å². The number of piperidine rings is 1. The molecule has 2 nitrogen and oxygen atoms in total. The summed E-state index contributed by atoms with van der Waals surface area (Å²) in [6.45, 7) is 2.64. The third-order valence-electron chi connectivity index (χ3n) is 4.68. The molecule has 0 spiro atoms. The van der Waals surface area contributed by atoms with Crippen molar-refractivity contribution in [3.8, 4) is 0 Å². The summed E-state index contributed by atoms with van der Waals surface area (Å²) in [5.74, 6) is 0. The Balaban J connectivity index is 0.000000276. The number of benzene rings is 1. The minimum Gasteiger partial charge on any atom is -0.418 e. The fraction of sp³-hybridized carbons (Fsp3) is 0.467. The van der Waals surface area contributed by atoms with Gasteiger partial charge in [-0.3, -0.25) is 0 Å². The zero-order valence-corrected chi connectivity index (χ0v) is 13.3. The van der Waals surface area contributed by atoms with Gasteiger partial charge in [0, 0.05) is 28.8 Å². The van der Waals surface area contributed by atoms with Crippen molar-refractivity contribution in [3.63, 3.8) is 0 Å². The second-order valence-corrected chi connectivity index (χ2v) is 6.60. The molecule has 23 heavy (non-hydrogen) atoms. The molecule has 2 N–H and O–H groups in total. The molecule has 1 fully saturated rings. The Morgan fingerprint density at radius 3 is 2.61 bits per heavy atom. The van der Waals surface area contributed by atoms with Gasteiger partial charge in [-0.2, -0.15) is 0 Å². The summed E-state index contributed by atoms with van der Waals surface area (Å²) in [5, 5.41) is 2.20. The Morgan fingerprint density at radius 2 is 1.87 bits per heavy atom. The maximum atomic E-state index is 9.75. The summed E-state index contributed by atoms with van der Waals surface area (Å²) in [7, 11) is -6.00. The zero-order chi connectivity index (χ0) is 16.6. The quantitative estimate of drug-likeness (QED) is 0.534. The highest BCUT2D eigenvalue weighted by Gasteiger charge is 2.35. The lowest BCUT2D eigenvalue weighted by Crippen LogP contribution is -3.14. The molecule has 0 saturated carbocycles. The number of aromatic nitrogens is 1. The van der Waals surface area contributed by atoms with Gasteiger partial charge in [-0.05, 0) is 36.6 Å². The lowest BCUT2D eigenvalue weighted by atomic mass is 9.91. The second kappa shape index (κ2) is 6.36.